The number of nitrogens with zero attached hydrogens (tertiary/aromatic N) is 2. The van der Waals surface area contributed by atoms with Crippen LogP contribution in [0.5, 0.6) is 5.75 Å². The summed E-state index contributed by atoms with van der Waals surface area (Å²) in [6.45, 7) is 2.55. The van der Waals surface area contributed by atoms with E-state index in [9.17, 15) is 0 Å². The molecule has 1 aromatic heterocycles. The average Bonchev–Trinajstić information content (AvgIpc) is 3.20. The van der Waals surface area contributed by atoms with Crippen molar-refractivity contribution >= 4 is 21.6 Å². The molecular formula is C24H28N2O3S. The first-order valence-corrected chi connectivity index (χ1v) is 11.2. The van der Waals surface area contributed by atoms with E-state index in [0.717, 1.165) is 47.8 Å². The maximum absolute atomic E-state index is 8.87. The van der Waals surface area contributed by atoms with Gasteiger partial charge in [0.1, 0.15) is 23.5 Å². The molecule has 1 fully saturated rings. The Kier molecular flexibility index (Phi) is 7.12. The van der Waals surface area contributed by atoms with Crippen molar-refractivity contribution in [2.75, 3.05) is 33.4 Å². The van der Waals surface area contributed by atoms with Crippen molar-refractivity contribution in [3.8, 4) is 5.75 Å². The number of hydrogen-bond acceptors (Lipinski definition) is 6. The molecule has 1 saturated heterocycles. The number of likely N-dealkylation sites (tertiary alicyclic amines) is 1. The van der Waals surface area contributed by atoms with Gasteiger partial charge in [-0.25, -0.2) is 4.98 Å². The van der Waals surface area contributed by atoms with E-state index in [1.54, 1.807) is 17.4 Å². The largest absolute Gasteiger partial charge is 0.490 e. The molecule has 1 aliphatic heterocycles. The van der Waals surface area contributed by atoms with Crippen LogP contribution in [0, 0.1) is 0 Å². The van der Waals surface area contributed by atoms with Crippen molar-refractivity contribution in [2.24, 2.45) is 0 Å². The molecular weight excluding hydrogens is 396 g/mol. The van der Waals surface area contributed by atoms with Crippen molar-refractivity contribution in [2.45, 2.75) is 25.0 Å². The van der Waals surface area contributed by atoms with Crippen LogP contribution >= 0.6 is 11.3 Å². The summed E-state index contributed by atoms with van der Waals surface area (Å²) in [5.74, 6) is 0.785. The lowest BCUT2D eigenvalue weighted by molar-refractivity contribution is -0.0235. The highest BCUT2D eigenvalue weighted by Crippen LogP contribution is 2.36. The normalized spacial score (nSPS) is 17.0. The first-order valence-electron chi connectivity index (χ1n) is 10.4. The third-order valence-corrected chi connectivity index (χ3v) is 6.39. The predicted molar refractivity (Wildman–Crippen MR) is 121 cm³/mol. The summed E-state index contributed by atoms with van der Waals surface area (Å²) in [5.41, 5.74) is 2.06. The summed E-state index contributed by atoms with van der Waals surface area (Å²) in [7, 11) is 2.16. The number of para-hydroxylation sites is 1. The standard InChI is InChI=1S/C24H28N2O3S/c1-26-13-11-19(12-14-26)29-23(24-25-21-9-2-3-10-22(21)30-24)18-7-6-8-20(17-18)28-16-5-4-15-27/h2-10,17,19,23,27H,11-16H2,1H3. The number of thiazole rings is 1. The molecule has 1 aliphatic rings. The van der Waals surface area contributed by atoms with Crippen LogP contribution in [0.3, 0.4) is 0 Å². The average molecular weight is 425 g/mol. The van der Waals surface area contributed by atoms with Crippen LogP contribution in [-0.2, 0) is 4.74 Å². The number of aliphatic hydroxyl groups excluding tert-OH is 1. The van der Waals surface area contributed by atoms with E-state index >= 15 is 0 Å². The minimum atomic E-state index is -0.215. The molecule has 158 valence electrons. The molecule has 1 unspecified atom stereocenters. The molecule has 0 radical (unpaired) electrons. The van der Waals surface area contributed by atoms with Crippen molar-refractivity contribution in [3.63, 3.8) is 0 Å². The summed E-state index contributed by atoms with van der Waals surface area (Å²) >= 11 is 1.69. The zero-order valence-electron chi connectivity index (χ0n) is 17.2. The summed E-state index contributed by atoms with van der Waals surface area (Å²) in [4.78, 5) is 7.24. The number of rotatable bonds is 8. The van der Waals surface area contributed by atoms with Crippen LogP contribution in [0.1, 0.15) is 29.5 Å². The Morgan fingerprint density at radius 2 is 2.00 bits per heavy atom. The molecule has 2 heterocycles. The summed E-state index contributed by atoms with van der Waals surface area (Å²) < 4.78 is 13.7. The lowest BCUT2D eigenvalue weighted by Gasteiger charge is -2.31. The van der Waals surface area contributed by atoms with Gasteiger partial charge in [-0.2, -0.15) is 0 Å². The Morgan fingerprint density at radius 3 is 2.80 bits per heavy atom. The molecule has 4 rings (SSSR count). The number of aromatic nitrogens is 1. The zero-order valence-corrected chi connectivity index (χ0v) is 18.1. The molecule has 0 spiro atoms. The number of ether oxygens (including phenoxy) is 2. The molecule has 5 nitrogen and oxygen atoms in total. The highest BCUT2D eigenvalue weighted by atomic mass is 32.1. The van der Waals surface area contributed by atoms with Crippen LogP contribution in [0.2, 0.25) is 0 Å². The number of hydrogen-bond donors (Lipinski definition) is 1. The molecule has 0 saturated carbocycles. The molecule has 2 aromatic carbocycles. The zero-order chi connectivity index (χ0) is 20.8. The maximum Gasteiger partial charge on any atom is 0.135 e. The van der Waals surface area contributed by atoms with Gasteiger partial charge in [0.15, 0.2) is 0 Å². The quantitative estimate of drug-likeness (QED) is 0.543. The Bertz CT molecular complexity index is 946. The number of piperidine rings is 1. The molecule has 6 heteroatoms. The van der Waals surface area contributed by atoms with Gasteiger partial charge in [-0.1, -0.05) is 30.3 Å². The molecule has 1 N–H and O–H groups in total. The second-order valence-corrected chi connectivity index (χ2v) is 8.64. The fourth-order valence-corrected chi connectivity index (χ4v) is 4.68. The summed E-state index contributed by atoms with van der Waals surface area (Å²) in [6, 6.07) is 16.3. The molecule has 0 aliphatic carbocycles. The van der Waals surface area contributed by atoms with Gasteiger partial charge < -0.3 is 19.5 Å². The van der Waals surface area contributed by atoms with Crippen LogP contribution in [0.15, 0.2) is 60.7 Å². The van der Waals surface area contributed by atoms with Crippen molar-refractivity contribution in [1.29, 1.82) is 0 Å². The van der Waals surface area contributed by atoms with Crippen LogP contribution in [0.4, 0.5) is 0 Å². The van der Waals surface area contributed by atoms with E-state index in [-0.39, 0.29) is 18.8 Å². The molecule has 30 heavy (non-hydrogen) atoms. The van der Waals surface area contributed by atoms with Gasteiger partial charge in [0.2, 0.25) is 0 Å². The molecule has 0 bridgehead atoms. The van der Waals surface area contributed by atoms with Crippen LogP contribution < -0.4 is 4.74 Å². The number of aliphatic hydroxyl groups is 1. The van der Waals surface area contributed by atoms with Gasteiger partial charge in [-0.15, -0.1) is 11.3 Å². The van der Waals surface area contributed by atoms with E-state index < -0.39 is 0 Å². The van der Waals surface area contributed by atoms with Gasteiger partial charge in [0.05, 0.1) is 22.9 Å². The van der Waals surface area contributed by atoms with Crippen LogP contribution in [0.25, 0.3) is 10.2 Å². The third kappa shape index (κ3) is 5.26. The fourth-order valence-electron chi connectivity index (χ4n) is 3.65. The smallest absolute Gasteiger partial charge is 0.135 e. The predicted octanol–water partition coefficient (Wildman–Crippen LogP) is 4.42. The van der Waals surface area contributed by atoms with Crippen molar-refractivity contribution in [3.05, 3.63) is 71.3 Å². The van der Waals surface area contributed by atoms with Crippen LogP contribution in [-0.4, -0.2) is 54.4 Å². The minimum absolute atomic E-state index is 0.0213. The monoisotopic (exact) mass is 424 g/mol. The second kappa shape index (κ2) is 10.2. The first kappa shape index (κ1) is 21.0. The Labute approximate surface area is 181 Å². The number of benzene rings is 2. The van der Waals surface area contributed by atoms with E-state index in [4.69, 9.17) is 19.6 Å². The molecule has 0 amide bonds. The minimum Gasteiger partial charge on any atom is -0.490 e. The summed E-state index contributed by atoms with van der Waals surface area (Å²) in [6.07, 6.45) is 5.55. The molecule has 3 aromatic rings. The van der Waals surface area contributed by atoms with Crippen molar-refractivity contribution in [1.82, 2.24) is 9.88 Å². The Balaban J connectivity index is 1.60. The summed E-state index contributed by atoms with van der Waals surface area (Å²) in [5, 5.41) is 9.85. The lowest BCUT2D eigenvalue weighted by atomic mass is 10.1. The van der Waals surface area contributed by atoms with E-state index in [1.807, 2.05) is 36.4 Å². The lowest BCUT2D eigenvalue weighted by Crippen LogP contribution is -2.35. The first-order chi connectivity index (χ1) is 14.7. The van der Waals surface area contributed by atoms with E-state index in [0.29, 0.717) is 6.61 Å². The van der Waals surface area contributed by atoms with Gasteiger partial charge >= 0.3 is 0 Å². The highest BCUT2D eigenvalue weighted by Gasteiger charge is 2.26. The highest BCUT2D eigenvalue weighted by molar-refractivity contribution is 7.18. The third-order valence-electron chi connectivity index (χ3n) is 5.31. The van der Waals surface area contributed by atoms with Crippen molar-refractivity contribution < 1.29 is 14.6 Å². The van der Waals surface area contributed by atoms with Gasteiger partial charge in [0, 0.05) is 13.1 Å². The fraction of sp³-hybridized carbons (Fsp3) is 0.375. The maximum atomic E-state index is 8.87. The van der Waals surface area contributed by atoms with E-state index in [2.05, 4.69) is 30.1 Å². The number of fused-ring (bicyclic) bond motifs is 1. The van der Waals surface area contributed by atoms with Gasteiger partial charge in [-0.3, -0.25) is 0 Å². The molecule has 1 atom stereocenters. The Hall–Kier alpha value is -2.25. The van der Waals surface area contributed by atoms with Gasteiger partial charge in [0.25, 0.3) is 0 Å². The topological polar surface area (TPSA) is 54.8 Å². The van der Waals surface area contributed by atoms with E-state index in [1.165, 1.54) is 4.70 Å². The SMILES string of the molecule is CN1CCC(OC(c2cccc(OCC=CCO)c2)c2nc3ccccc3s2)CC1. The second-order valence-electron chi connectivity index (χ2n) is 7.58. The van der Waals surface area contributed by atoms with Gasteiger partial charge in [-0.05, 0) is 55.8 Å². The Morgan fingerprint density at radius 1 is 1.17 bits per heavy atom.